The summed E-state index contributed by atoms with van der Waals surface area (Å²) in [5, 5.41) is 0. The predicted molar refractivity (Wildman–Crippen MR) is 66.9 cm³/mol. The van der Waals surface area contributed by atoms with E-state index >= 15 is 0 Å². The van der Waals surface area contributed by atoms with Crippen LogP contribution >= 0.6 is 0 Å². The Morgan fingerprint density at radius 2 is 1.69 bits per heavy atom. The summed E-state index contributed by atoms with van der Waals surface area (Å²) in [6.45, 7) is 0. The van der Waals surface area contributed by atoms with Crippen LogP contribution in [0.3, 0.4) is 0 Å². The quantitative estimate of drug-likeness (QED) is 0.767. The van der Waals surface area contributed by atoms with Crippen LogP contribution < -0.4 is 11.5 Å². The van der Waals surface area contributed by atoms with Crippen molar-refractivity contribution >= 4 is 0 Å². The summed E-state index contributed by atoms with van der Waals surface area (Å²) in [7, 11) is 0. The third-order valence-corrected chi connectivity index (χ3v) is 5.06. The molecule has 0 heterocycles. The highest BCUT2D eigenvalue weighted by Crippen LogP contribution is 2.48. The molecule has 0 spiro atoms. The average molecular weight is 222 g/mol. The minimum Gasteiger partial charge on any atom is -0.328 e. The van der Waals surface area contributed by atoms with Crippen molar-refractivity contribution in [2.45, 2.75) is 69.4 Å². The zero-order valence-electron chi connectivity index (χ0n) is 10.3. The lowest BCUT2D eigenvalue weighted by molar-refractivity contribution is 0.140. The van der Waals surface area contributed by atoms with Gasteiger partial charge in [-0.2, -0.15) is 0 Å². The fraction of sp³-hybridized carbons (Fsp3) is 1.00. The summed E-state index contributed by atoms with van der Waals surface area (Å²) in [6.07, 6.45) is 12.0. The van der Waals surface area contributed by atoms with E-state index in [1.807, 2.05) is 0 Å². The topological polar surface area (TPSA) is 52.0 Å². The zero-order valence-corrected chi connectivity index (χ0v) is 10.3. The number of rotatable bonds is 4. The van der Waals surface area contributed by atoms with Crippen LogP contribution in [0.4, 0.5) is 0 Å². The lowest BCUT2D eigenvalue weighted by Gasteiger charge is -2.44. The van der Waals surface area contributed by atoms with Crippen LogP contribution in [0.2, 0.25) is 0 Å². The fourth-order valence-electron chi connectivity index (χ4n) is 3.59. The molecule has 92 valence electrons. The van der Waals surface area contributed by atoms with Crippen LogP contribution in [-0.4, -0.2) is 11.6 Å². The molecule has 2 nitrogen and oxygen atoms in total. The van der Waals surface area contributed by atoms with Gasteiger partial charge in [-0.1, -0.05) is 25.7 Å². The maximum absolute atomic E-state index is 6.73. The van der Waals surface area contributed by atoms with Gasteiger partial charge in [-0.05, 0) is 49.9 Å². The van der Waals surface area contributed by atoms with Gasteiger partial charge in [0.05, 0.1) is 0 Å². The van der Waals surface area contributed by atoms with Crippen LogP contribution in [0.15, 0.2) is 0 Å². The molecule has 2 heteroatoms. The van der Waals surface area contributed by atoms with E-state index in [9.17, 15) is 0 Å². The van der Waals surface area contributed by atoms with E-state index < -0.39 is 0 Å². The van der Waals surface area contributed by atoms with Crippen LogP contribution in [0.5, 0.6) is 0 Å². The second-order valence-corrected chi connectivity index (χ2v) is 6.79. The van der Waals surface area contributed by atoms with Crippen molar-refractivity contribution in [1.82, 2.24) is 0 Å². The standard InChI is InChI=1S/C14H26N2/c15-13-5-6-14(16,9-11-3-4-11)12(8-13)7-10-1-2-10/h10-13H,1-9,15-16H2. The molecule has 4 N–H and O–H groups in total. The van der Waals surface area contributed by atoms with Crippen molar-refractivity contribution in [3.8, 4) is 0 Å². The molecule has 0 aromatic heterocycles. The van der Waals surface area contributed by atoms with E-state index in [-0.39, 0.29) is 5.54 Å². The minimum absolute atomic E-state index is 0.152. The molecule has 3 unspecified atom stereocenters. The van der Waals surface area contributed by atoms with Gasteiger partial charge in [0.15, 0.2) is 0 Å². The third kappa shape index (κ3) is 2.43. The van der Waals surface area contributed by atoms with Gasteiger partial charge in [-0.15, -0.1) is 0 Å². The van der Waals surface area contributed by atoms with Gasteiger partial charge in [0.25, 0.3) is 0 Å². The smallest absolute Gasteiger partial charge is 0.0186 e. The first-order valence-electron chi connectivity index (χ1n) is 7.20. The summed E-state index contributed by atoms with van der Waals surface area (Å²) >= 11 is 0. The molecule has 16 heavy (non-hydrogen) atoms. The Labute approximate surface area is 99.1 Å². The Hall–Kier alpha value is -0.0800. The highest BCUT2D eigenvalue weighted by atomic mass is 14.8. The molecule has 3 aliphatic rings. The third-order valence-electron chi connectivity index (χ3n) is 5.06. The molecule has 0 radical (unpaired) electrons. The largest absolute Gasteiger partial charge is 0.328 e. The Bertz CT molecular complexity index is 255. The summed E-state index contributed by atoms with van der Waals surface area (Å²) in [6, 6.07) is 0.430. The predicted octanol–water partition coefficient (Wildman–Crippen LogP) is 2.41. The molecule has 3 saturated carbocycles. The highest BCUT2D eigenvalue weighted by molar-refractivity contribution is 5.01. The molecule has 0 aromatic carbocycles. The fourth-order valence-corrected chi connectivity index (χ4v) is 3.59. The van der Waals surface area contributed by atoms with Crippen molar-refractivity contribution in [2.75, 3.05) is 0 Å². The SMILES string of the molecule is NC1CCC(N)(CC2CC2)C(CC2CC2)C1. The van der Waals surface area contributed by atoms with Crippen LogP contribution in [-0.2, 0) is 0 Å². The Morgan fingerprint density at radius 3 is 2.31 bits per heavy atom. The molecule has 0 aromatic rings. The molecule has 0 aliphatic heterocycles. The summed E-state index contributed by atoms with van der Waals surface area (Å²) < 4.78 is 0. The summed E-state index contributed by atoms with van der Waals surface area (Å²) in [5.41, 5.74) is 13.0. The first-order valence-corrected chi connectivity index (χ1v) is 7.20. The monoisotopic (exact) mass is 222 g/mol. The van der Waals surface area contributed by atoms with Gasteiger partial charge < -0.3 is 11.5 Å². The summed E-state index contributed by atoms with van der Waals surface area (Å²) in [4.78, 5) is 0. The molecule has 3 fully saturated rings. The normalized spacial score (nSPS) is 44.6. The maximum Gasteiger partial charge on any atom is 0.0186 e. The lowest BCUT2D eigenvalue weighted by Crippen LogP contribution is -2.53. The van der Waals surface area contributed by atoms with Gasteiger partial charge in [-0.3, -0.25) is 0 Å². The second kappa shape index (κ2) is 3.99. The molecule has 0 bridgehead atoms. The number of hydrogen-bond donors (Lipinski definition) is 2. The summed E-state index contributed by atoms with van der Waals surface area (Å²) in [5.74, 6) is 2.68. The van der Waals surface area contributed by atoms with Crippen molar-refractivity contribution in [3.05, 3.63) is 0 Å². The number of nitrogens with two attached hydrogens (primary N) is 2. The van der Waals surface area contributed by atoms with E-state index in [0.29, 0.717) is 6.04 Å². The Balaban J connectivity index is 1.65. The van der Waals surface area contributed by atoms with Crippen molar-refractivity contribution in [2.24, 2.45) is 29.2 Å². The van der Waals surface area contributed by atoms with Gasteiger partial charge >= 0.3 is 0 Å². The minimum atomic E-state index is 0.152. The molecule has 0 saturated heterocycles. The van der Waals surface area contributed by atoms with Crippen molar-refractivity contribution in [1.29, 1.82) is 0 Å². The maximum atomic E-state index is 6.73. The molecular weight excluding hydrogens is 196 g/mol. The van der Waals surface area contributed by atoms with Gasteiger partial charge in [-0.25, -0.2) is 0 Å². The first-order chi connectivity index (χ1) is 7.66. The Kier molecular flexibility index (Phi) is 2.75. The van der Waals surface area contributed by atoms with E-state index in [0.717, 1.165) is 24.2 Å². The average Bonchev–Trinajstić information content (AvgIpc) is 3.07. The number of hydrogen-bond acceptors (Lipinski definition) is 2. The first kappa shape index (κ1) is 11.0. The van der Waals surface area contributed by atoms with Crippen molar-refractivity contribution in [3.63, 3.8) is 0 Å². The van der Waals surface area contributed by atoms with Crippen molar-refractivity contribution < 1.29 is 0 Å². The molecule has 3 rings (SSSR count). The van der Waals surface area contributed by atoms with Crippen LogP contribution in [0.1, 0.15) is 57.8 Å². The zero-order chi connectivity index (χ0) is 11.2. The molecular formula is C14H26N2. The second-order valence-electron chi connectivity index (χ2n) is 6.79. The highest BCUT2D eigenvalue weighted by Gasteiger charge is 2.44. The molecule has 3 atom stereocenters. The van der Waals surface area contributed by atoms with Gasteiger partial charge in [0.1, 0.15) is 0 Å². The van der Waals surface area contributed by atoms with Crippen LogP contribution in [0, 0.1) is 17.8 Å². The van der Waals surface area contributed by atoms with Gasteiger partial charge in [0, 0.05) is 11.6 Å². The van der Waals surface area contributed by atoms with Gasteiger partial charge in [0.2, 0.25) is 0 Å². The van der Waals surface area contributed by atoms with Crippen LogP contribution in [0.25, 0.3) is 0 Å². The molecule has 3 aliphatic carbocycles. The van der Waals surface area contributed by atoms with E-state index in [1.165, 1.54) is 51.4 Å². The van der Waals surface area contributed by atoms with E-state index in [1.54, 1.807) is 0 Å². The Morgan fingerprint density at radius 1 is 1.00 bits per heavy atom. The lowest BCUT2D eigenvalue weighted by atomic mass is 9.67. The van der Waals surface area contributed by atoms with E-state index in [4.69, 9.17) is 11.5 Å². The molecule has 0 amide bonds. The van der Waals surface area contributed by atoms with E-state index in [2.05, 4.69) is 0 Å².